The van der Waals surface area contributed by atoms with Crippen molar-refractivity contribution in [2.45, 2.75) is 25.3 Å². The van der Waals surface area contributed by atoms with Gasteiger partial charge in [-0.3, -0.25) is 4.57 Å². The van der Waals surface area contributed by atoms with E-state index >= 15 is 0 Å². The van der Waals surface area contributed by atoms with Crippen LogP contribution in [0.1, 0.15) is 19.8 Å². The predicted molar refractivity (Wildman–Crippen MR) is 72.2 cm³/mol. The first kappa shape index (κ1) is 12.2. The van der Waals surface area contributed by atoms with Gasteiger partial charge in [0.15, 0.2) is 5.65 Å². The van der Waals surface area contributed by atoms with Crippen LogP contribution in [-0.2, 0) is 10.3 Å². The van der Waals surface area contributed by atoms with Gasteiger partial charge in [0.2, 0.25) is 11.8 Å². The van der Waals surface area contributed by atoms with Crippen LogP contribution in [0.15, 0.2) is 12.1 Å². The zero-order valence-electron chi connectivity index (χ0n) is 11.2. The van der Waals surface area contributed by atoms with Crippen LogP contribution in [0.3, 0.4) is 0 Å². The molecule has 0 saturated carbocycles. The fraction of sp³-hybridized carbons (Fsp3) is 0.538. The SMILES string of the molecule is COc1ccc2nc(N)n(C3(C)CCCOC3)c2n1. The quantitative estimate of drug-likeness (QED) is 0.888. The molecule has 1 unspecified atom stereocenters. The van der Waals surface area contributed by atoms with Gasteiger partial charge in [-0.15, -0.1) is 0 Å². The summed E-state index contributed by atoms with van der Waals surface area (Å²) < 4.78 is 12.8. The zero-order chi connectivity index (χ0) is 13.5. The van der Waals surface area contributed by atoms with Crippen LogP contribution in [0, 0.1) is 0 Å². The summed E-state index contributed by atoms with van der Waals surface area (Å²) in [6.07, 6.45) is 2.02. The van der Waals surface area contributed by atoms with Crippen LogP contribution in [0.4, 0.5) is 5.95 Å². The maximum Gasteiger partial charge on any atom is 0.215 e. The molecule has 0 radical (unpaired) electrons. The lowest BCUT2D eigenvalue weighted by atomic mass is 9.94. The molecule has 6 nitrogen and oxygen atoms in total. The van der Waals surface area contributed by atoms with Crippen LogP contribution >= 0.6 is 0 Å². The standard InChI is InChI=1S/C13H18N4O2/c1-13(6-3-7-19-8-13)17-11-9(15-12(17)14)4-5-10(16-11)18-2/h4-5H,3,6-8H2,1-2H3,(H2,14,15). The first-order chi connectivity index (χ1) is 9.14. The number of fused-ring (bicyclic) bond motifs is 1. The summed E-state index contributed by atoms with van der Waals surface area (Å²) in [7, 11) is 1.60. The molecule has 19 heavy (non-hydrogen) atoms. The van der Waals surface area contributed by atoms with E-state index in [4.69, 9.17) is 15.2 Å². The maximum atomic E-state index is 6.08. The van der Waals surface area contributed by atoms with Crippen molar-refractivity contribution in [2.75, 3.05) is 26.1 Å². The summed E-state index contributed by atoms with van der Waals surface area (Å²) in [6.45, 7) is 3.56. The average molecular weight is 262 g/mol. The lowest BCUT2D eigenvalue weighted by Crippen LogP contribution is -2.39. The second kappa shape index (κ2) is 4.38. The van der Waals surface area contributed by atoms with Crippen LogP contribution in [0.5, 0.6) is 5.88 Å². The minimum absolute atomic E-state index is 0.198. The highest BCUT2D eigenvalue weighted by atomic mass is 16.5. The molecule has 0 aromatic carbocycles. The van der Waals surface area contributed by atoms with Gasteiger partial charge in [-0.2, -0.15) is 4.98 Å². The highest BCUT2D eigenvalue weighted by molar-refractivity contribution is 5.75. The first-order valence-corrected chi connectivity index (χ1v) is 6.41. The molecule has 0 bridgehead atoms. The van der Waals surface area contributed by atoms with Gasteiger partial charge in [-0.25, -0.2) is 4.98 Å². The maximum absolute atomic E-state index is 6.08. The number of rotatable bonds is 2. The second-order valence-electron chi connectivity index (χ2n) is 5.15. The molecule has 102 valence electrons. The second-order valence-corrected chi connectivity index (χ2v) is 5.15. The van der Waals surface area contributed by atoms with Gasteiger partial charge >= 0.3 is 0 Å². The van der Waals surface area contributed by atoms with Crippen LogP contribution < -0.4 is 10.5 Å². The van der Waals surface area contributed by atoms with E-state index in [2.05, 4.69) is 16.9 Å². The van der Waals surface area contributed by atoms with Crippen molar-refractivity contribution in [3.05, 3.63) is 12.1 Å². The number of hydrogen-bond donors (Lipinski definition) is 1. The molecule has 0 spiro atoms. The molecular weight excluding hydrogens is 244 g/mol. The van der Waals surface area contributed by atoms with Crippen LogP contribution in [0.2, 0.25) is 0 Å². The van der Waals surface area contributed by atoms with Crippen LogP contribution in [0.25, 0.3) is 11.2 Å². The monoisotopic (exact) mass is 262 g/mol. The number of nitrogen functional groups attached to an aromatic ring is 1. The molecule has 2 N–H and O–H groups in total. The Morgan fingerprint density at radius 3 is 2.95 bits per heavy atom. The molecule has 6 heteroatoms. The van der Waals surface area contributed by atoms with Crippen molar-refractivity contribution in [3.8, 4) is 5.88 Å². The lowest BCUT2D eigenvalue weighted by molar-refractivity contribution is 0.0122. The Kier molecular flexibility index (Phi) is 2.82. The van der Waals surface area contributed by atoms with Gasteiger partial charge in [-0.05, 0) is 25.8 Å². The van der Waals surface area contributed by atoms with E-state index in [0.29, 0.717) is 18.4 Å². The molecule has 3 rings (SSSR count). The van der Waals surface area contributed by atoms with Gasteiger partial charge in [0.25, 0.3) is 0 Å². The highest BCUT2D eigenvalue weighted by Gasteiger charge is 2.33. The third-order valence-electron chi connectivity index (χ3n) is 3.67. The molecule has 2 aromatic rings. The Labute approximate surface area is 111 Å². The molecule has 1 atom stereocenters. The van der Waals surface area contributed by atoms with Crippen molar-refractivity contribution in [3.63, 3.8) is 0 Å². The number of methoxy groups -OCH3 is 1. The average Bonchev–Trinajstić information content (AvgIpc) is 2.74. The summed E-state index contributed by atoms with van der Waals surface area (Å²) in [5.74, 6) is 1.04. The van der Waals surface area contributed by atoms with Crippen LogP contribution in [-0.4, -0.2) is 34.9 Å². The summed E-state index contributed by atoms with van der Waals surface area (Å²) in [5, 5.41) is 0. The molecule has 1 fully saturated rings. The van der Waals surface area contributed by atoms with Gasteiger partial charge in [0.1, 0.15) is 5.52 Å². The van der Waals surface area contributed by atoms with Gasteiger partial charge < -0.3 is 15.2 Å². The number of hydrogen-bond acceptors (Lipinski definition) is 5. The molecule has 0 aliphatic carbocycles. The number of pyridine rings is 1. The van der Waals surface area contributed by atoms with Gasteiger partial charge in [-0.1, -0.05) is 0 Å². The Morgan fingerprint density at radius 1 is 1.42 bits per heavy atom. The smallest absolute Gasteiger partial charge is 0.215 e. The first-order valence-electron chi connectivity index (χ1n) is 6.41. The molecular formula is C13H18N4O2. The predicted octanol–water partition coefficient (Wildman–Crippen LogP) is 1.55. The van der Waals surface area contributed by atoms with Crippen molar-refractivity contribution in [1.29, 1.82) is 0 Å². The normalized spacial score (nSPS) is 23.7. The molecule has 2 aromatic heterocycles. The highest BCUT2D eigenvalue weighted by Crippen LogP contribution is 2.33. The van der Waals surface area contributed by atoms with E-state index in [0.717, 1.165) is 30.6 Å². The van der Waals surface area contributed by atoms with E-state index in [1.807, 2.05) is 10.6 Å². The van der Waals surface area contributed by atoms with E-state index in [-0.39, 0.29) is 5.54 Å². The minimum Gasteiger partial charge on any atom is -0.481 e. The van der Waals surface area contributed by atoms with E-state index in [9.17, 15) is 0 Å². The molecule has 3 heterocycles. The molecule has 1 aliphatic heterocycles. The summed E-state index contributed by atoms with van der Waals surface area (Å²) in [6, 6.07) is 3.67. The largest absolute Gasteiger partial charge is 0.481 e. The Balaban J connectivity index is 2.18. The van der Waals surface area contributed by atoms with E-state index in [1.54, 1.807) is 13.2 Å². The Bertz CT molecular complexity index is 602. The minimum atomic E-state index is -0.198. The van der Waals surface area contributed by atoms with E-state index in [1.165, 1.54) is 0 Å². The third kappa shape index (κ3) is 1.92. The van der Waals surface area contributed by atoms with Crippen molar-refractivity contribution >= 4 is 17.1 Å². The summed E-state index contributed by atoms with van der Waals surface area (Å²) >= 11 is 0. The summed E-state index contributed by atoms with van der Waals surface area (Å²) in [4.78, 5) is 8.85. The Hall–Kier alpha value is -1.82. The number of aromatic nitrogens is 3. The van der Waals surface area contributed by atoms with Crippen molar-refractivity contribution in [1.82, 2.24) is 14.5 Å². The van der Waals surface area contributed by atoms with Gasteiger partial charge in [0.05, 0.1) is 19.3 Å². The number of nitrogens with zero attached hydrogens (tertiary/aromatic N) is 3. The Morgan fingerprint density at radius 2 is 2.26 bits per heavy atom. The fourth-order valence-electron chi connectivity index (χ4n) is 2.70. The zero-order valence-corrected chi connectivity index (χ0v) is 11.2. The molecule has 1 aliphatic rings. The number of anilines is 1. The lowest BCUT2D eigenvalue weighted by Gasteiger charge is -2.35. The number of nitrogens with two attached hydrogens (primary N) is 1. The number of imidazole rings is 1. The van der Waals surface area contributed by atoms with Gasteiger partial charge in [0, 0.05) is 12.7 Å². The topological polar surface area (TPSA) is 75.2 Å². The van der Waals surface area contributed by atoms with Crippen molar-refractivity contribution in [2.24, 2.45) is 0 Å². The number of ether oxygens (including phenoxy) is 2. The molecule has 1 saturated heterocycles. The molecule has 0 amide bonds. The summed E-state index contributed by atoms with van der Waals surface area (Å²) in [5.41, 5.74) is 7.42. The third-order valence-corrected chi connectivity index (χ3v) is 3.67. The fourth-order valence-corrected chi connectivity index (χ4v) is 2.70. The van der Waals surface area contributed by atoms with Crippen molar-refractivity contribution < 1.29 is 9.47 Å². The van der Waals surface area contributed by atoms with E-state index < -0.39 is 0 Å².